The molecule has 5 N–H and O–H groups in total. The van der Waals surface area contributed by atoms with E-state index in [0.29, 0.717) is 24.9 Å². The van der Waals surface area contributed by atoms with Crippen molar-refractivity contribution in [3.05, 3.63) is 42.1 Å². The zero-order valence-corrected chi connectivity index (χ0v) is 16.1. The number of thiol groups is 1. The SMILES string of the molecule is CC(=O)N1CCCC(Oc2nccc(NCc3ccccc3S)n2)C1.O.O. The lowest BCUT2D eigenvalue weighted by Gasteiger charge is -2.31. The Bertz CT molecular complexity index is 747. The minimum atomic E-state index is -0.0638. The average molecular weight is 394 g/mol. The molecule has 1 aliphatic rings. The molecule has 9 heteroatoms. The number of hydrogen-bond acceptors (Lipinski definition) is 6. The van der Waals surface area contributed by atoms with Crippen molar-refractivity contribution in [3.63, 3.8) is 0 Å². The first-order chi connectivity index (χ1) is 12.1. The lowest BCUT2D eigenvalue weighted by atomic mass is 10.1. The van der Waals surface area contributed by atoms with Crippen molar-refractivity contribution in [1.29, 1.82) is 0 Å². The Morgan fingerprint density at radius 3 is 2.85 bits per heavy atom. The highest BCUT2D eigenvalue weighted by Gasteiger charge is 2.23. The number of anilines is 1. The number of piperidine rings is 1. The van der Waals surface area contributed by atoms with E-state index in [2.05, 4.69) is 27.9 Å². The van der Waals surface area contributed by atoms with Crippen LogP contribution in [-0.4, -0.2) is 50.9 Å². The van der Waals surface area contributed by atoms with Crippen molar-refractivity contribution in [3.8, 4) is 6.01 Å². The third-order valence-corrected chi connectivity index (χ3v) is 4.62. The molecule has 2 aromatic rings. The molecule has 0 bridgehead atoms. The molecular weight excluding hydrogens is 368 g/mol. The summed E-state index contributed by atoms with van der Waals surface area (Å²) in [7, 11) is 0. The fourth-order valence-electron chi connectivity index (χ4n) is 2.81. The molecule has 0 aliphatic carbocycles. The molecule has 0 radical (unpaired) electrons. The lowest BCUT2D eigenvalue weighted by Crippen LogP contribution is -2.43. The minimum absolute atomic E-state index is 0. The average Bonchev–Trinajstić information content (AvgIpc) is 2.61. The van der Waals surface area contributed by atoms with Crippen LogP contribution in [0.3, 0.4) is 0 Å². The second kappa shape index (κ2) is 10.7. The molecule has 1 aliphatic heterocycles. The number of carbonyl (C=O) groups excluding carboxylic acids is 1. The summed E-state index contributed by atoms with van der Waals surface area (Å²) in [5, 5.41) is 3.26. The summed E-state index contributed by atoms with van der Waals surface area (Å²) >= 11 is 4.45. The Morgan fingerprint density at radius 2 is 2.11 bits per heavy atom. The van der Waals surface area contributed by atoms with E-state index in [4.69, 9.17) is 4.74 Å². The van der Waals surface area contributed by atoms with Crippen LogP contribution in [0.25, 0.3) is 0 Å². The number of hydrogen-bond donors (Lipinski definition) is 2. The second-order valence-corrected chi connectivity index (χ2v) is 6.54. The van der Waals surface area contributed by atoms with Gasteiger partial charge in [-0.3, -0.25) is 4.79 Å². The zero-order chi connectivity index (χ0) is 17.6. The normalized spacial score (nSPS) is 15.9. The van der Waals surface area contributed by atoms with Gasteiger partial charge in [-0.15, -0.1) is 12.6 Å². The van der Waals surface area contributed by atoms with E-state index in [1.807, 2.05) is 24.3 Å². The first kappa shape index (κ1) is 22.7. The first-order valence-electron chi connectivity index (χ1n) is 8.38. The van der Waals surface area contributed by atoms with E-state index >= 15 is 0 Å². The standard InChI is InChI=1S/C18H22N4O2S.2H2O/c1-13(23)22-10-4-6-15(12-22)24-18-19-9-8-17(21-18)20-11-14-5-2-3-7-16(14)25;;/h2-3,5,7-9,15,25H,4,6,10-12H2,1H3,(H,19,20,21);2*1H2. The number of nitrogens with zero attached hydrogens (tertiary/aromatic N) is 3. The van der Waals surface area contributed by atoms with Crippen LogP contribution in [0, 0.1) is 0 Å². The van der Waals surface area contributed by atoms with E-state index in [1.165, 1.54) is 0 Å². The summed E-state index contributed by atoms with van der Waals surface area (Å²) in [5.74, 6) is 0.774. The van der Waals surface area contributed by atoms with E-state index in [1.54, 1.807) is 24.1 Å². The Morgan fingerprint density at radius 1 is 1.33 bits per heavy atom. The number of amides is 1. The summed E-state index contributed by atoms with van der Waals surface area (Å²) in [6, 6.07) is 10.0. The molecule has 1 atom stereocenters. The molecule has 1 amide bonds. The highest BCUT2D eigenvalue weighted by Crippen LogP contribution is 2.18. The van der Waals surface area contributed by atoms with E-state index < -0.39 is 0 Å². The summed E-state index contributed by atoms with van der Waals surface area (Å²) < 4.78 is 5.88. The van der Waals surface area contributed by atoms with Gasteiger partial charge >= 0.3 is 6.01 Å². The Balaban J connectivity index is 0.00000182. The highest BCUT2D eigenvalue weighted by molar-refractivity contribution is 7.80. The summed E-state index contributed by atoms with van der Waals surface area (Å²) in [5.41, 5.74) is 1.09. The smallest absolute Gasteiger partial charge is 0.318 e. The van der Waals surface area contributed by atoms with Gasteiger partial charge in [0.05, 0.1) is 6.54 Å². The van der Waals surface area contributed by atoms with Crippen LogP contribution in [0.15, 0.2) is 41.4 Å². The zero-order valence-electron chi connectivity index (χ0n) is 15.2. The van der Waals surface area contributed by atoms with Gasteiger partial charge < -0.3 is 25.9 Å². The first-order valence-corrected chi connectivity index (χ1v) is 8.82. The molecule has 1 aromatic heterocycles. The molecule has 8 nitrogen and oxygen atoms in total. The van der Waals surface area contributed by atoms with Crippen molar-refractivity contribution in [2.75, 3.05) is 18.4 Å². The highest BCUT2D eigenvalue weighted by atomic mass is 32.1. The van der Waals surface area contributed by atoms with E-state index in [9.17, 15) is 4.79 Å². The van der Waals surface area contributed by atoms with Gasteiger partial charge in [-0.1, -0.05) is 18.2 Å². The van der Waals surface area contributed by atoms with Gasteiger partial charge in [-0.25, -0.2) is 4.98 Å². The number of ether oxygens (including phenoxy) is 1. The van der Waals surface area contributed by atoms with Crippen LogP contribution in [0.4, 0.5) is 5.82 Å². The molecule has 1 unspecified atom stereocenters. The van der Waals surface area contributed by atoms with Crippen LogP contribution in [0.2, 0.25) is 0 Å². The summed E-state index contributed by atoms with van der Waals surface area (Å²) in [6.07, 6.45) is 3.44. The van der Waals surface area contributed by atoms with Crippen LogP contribution in [0.1, 0.15) is 25.3 Å². The maximum Gasteiger partial charge on any atom is 0.318 e. The van der Waals surface area contributed by atoms with Crippen LogP contribution in [0.5, 0.6) is 6.01 Å². The number of nitrogens with one attached hydrogen (secondary N) is 1. The maximum atomic E-state index is 11.5. The van der Waals surface area contributed by atoms with Crippen molar-refractivity contribution in [2.45, 2.75) is 37.3 Å². The van der Waals surface area contributed by atoms with E-state index in [0.717, 1.165) is 29.8 Å². The Kier molecular flexibility index (Phi) is 8.99. The molecule has 0 saturated carbocycles. The molecule has 1 aromatic carbocycles. The number of benzene rings is 1. The largest absolute Gasteiger partial charge is 0.458 e. The van der Waals surface area contributed by atoms with Crippen molar-refractivity contribution >= 4 is 24.4 Å². The predicted octanol–water partition coefficient (Wildman–Crippen LogP) is 1.12. The topological polar surface area (TPSA) is 130 Å². The summed E-state index contributed by atoms with van der Waals surface area (Å²) in [6.45, 7) is 3.59. The molecule has 0 spiro atoms. The maximum absolute atomic E-state index is 11.5. The quantitative estimate of drug-likeness (QED) is 0.734. The number of rotatable bonds is 5. The molecule has 3 rings (SSSR count). The third kappa shape index (κ3) is 6.38. The Hall–Kier alpha value is -2.36. The number of aromatic nitrogens is 2. The van der Waals surface area contributed by atoms with Gasteiger partial charge in [-0.2, -0.15) is 4.98 Å². The number of likely N-dealkylation sites (tertiary alicyclic amines) is 1. The fraction of sp³-hybridized carbons (Fsp3) is 0.389. The van der Waals surface area contributed by atoms with Gasteiger partial charge in [0.15, 0.2) is 0 Å². The monoisotopic (exact) mass is 394 g/mol. The van der Waals surface area contributed by atoms with Gasteiger partial charge in [-0.05, 0) is 30.5 Å². The number of carbonyl (C=O) groups is 1. The molecule has 2 heterocycles. The second-order valence-electron chi connectivity index (χ2n) is 6.05. The van der Waals surface area contributed by atoms with Gasteiger partial charge in [0, 0.05) is 31.1 Å². The summed E-state index contributed by atoms with van der Waals surface area (Å²) in [4.78, 5) is 22.9. The predicted molar refractivity (Wildman–Crippen MR) is 106 cm³/mol. The molecule has 148 valence electrons. The third-order valence-electron chi connectivity index (χ3n) is 4.18. The van der Waals surface area contributed by atoms with E-state index in [-0.39, 0.29) is 23.0 Å². The lowest BCUT2D eigenvalue weighted by molar-refractivity contribution is -0.131. The van der Waals surface area contributed by atoms with Crippen molar-refractivity contribution < 1.29 is 20.5 Å². The van der Waals surface area contributed by atoms with Gasteiger partial charge in [0.1, 0.15) is 11.9 Å². The molecular formula is C18H26N4O4S. The van der Waals surface area contributed by atoms with Crippen molar-refractivity contribution in [2.24, 2.45) is 0 Å². The Labute approximate surface area is 164 Å². The van der Waals surface area contributed by atoms with Crippen LogP contribution < -0.4 is 10.1 Å². The van der Waals surface area contributed by atoms with Gasteiger partial charge in [0.2, 0.25) is 5.91 Å². The van der Waals surface area contributed by atoms with Crippen LogP contribution >= 0.6 is 12.6 Å². The minimum Gasteiger partial charge on any atom is -0.458 e. The fourth-order valence-corrected chi connectivity index (χ4v) is 3.05. The molecule has 27 heavy (non-hydrogen) atoms. The van der Waals surface area contributed by atoms with Crippen LogP contribution in [-0.2, 0) is 11.3 Å². The molecule has 1 saturated heterocycles. The van der Waals surface area contributed by atoms with Crippen molar-refractivity contribution in [1.82, 2.24) is 14.9 Å². The van der Waals surface area contributed by atoms with Gasteiger partial charge in [0.25, 0.3) is 0 Å². The molecule has 1 fully saturated rings.